The number of hydrogen-bond donors (Lipinski definition) is 1. The summed E-state index contributed by atoms with van der Waals surface area (Å²) in [5, 5.41) is 8.21. The maximum absolute atomic E-state index is 12.8. The maximum Gasteiger partial charge on any atom is 0.253 e. The van der Waals surface area contributed by atoms with E-state index in [1.807, 2.05) is 19.9 Å². The van der Waals surface area contributed by atoms with E-state index in [0.29, 0.717) is 12.1 Å². The average Bonchev–Trinajstić information content (AvgIpc) is 3.43. The van der Waals surface area contributed by atoms with Crippen LogP contribution in [0, 0.1) is 13.8 Å². The van der Waals surface area contributed by atoms with Crippen molar-refractivity contribution >= 4 is 28.6 Å². The number of carbonyl (C=O) groups is 1. The van der Waals surface area contributed by atoms with Gasteiger partial charge in [-0.05, 0) is 44.2 Å². The van der Waals surface area contributed by atoms with Crippen molar-refractivity contribution in [2.75, 3.05) is 13.2 Å². The predicted molar refractivity (Wildman–Crippen MR) is 110 cm³/mol. The topological polar surface area (TPSA) is 56.1 Å². The first kappa shape index (κ1) is 18.4. The zero-order valence-electron chi connectivity index (χ0n) is 15.5. The van der Waals surface area contributed by atoms with Gasteiger partial charge in [0.25, 0.3) is 5.91 Å². The van der Waals surface area contributed by atoms with Crippen LogP contribution in [-0.2, 0) is 11.3 Å². The van der Waals surface area contributed by atoms with Crippen molar-refractivity contribution in [3.63, 3.8) is 0 Å². The summed E-state index contributed by atoms with van der Waals surface area (Å²) in [4.78, 5) is 18.7. The highest BCUT2D eigenvalue weighted by atomic mass is 32.1. The highest BCUT2D eigenvalue weighted by Crippen LogP contribution is 2.29. The molecule has 0 aliphatic carbocycles. The molecule has 3 aromatic heterocycles. The highest BCUT2D eigenvalue weighted by Gasteiger charge is 2.22. The maximum atomic E-state index is 12.8. The zero-order chi connectivity index (χ0) is 18.8. The second-order valence-electron chi connectivity index (χ2n) is 6.79. The SMILES string of the molecule is Cc1nc(-c2cc(C(=O)NCC3CCCO3)c(C)n2Cc2cccs2)cs1. The fourth-order valence-electron chi connectivity index (χ4n) is 3.44. The lowest BCUT2D eigenvalue weighted by Gasteiger charge is -2.11. The quantitative estimate of drug-likeness (QED) is 0.672. The molecule has 5 nitrogen and oxygen atoms in total. The number of hydrogen-bond acceptors (Lipinski definition) is 5. The van der Waals surface area contributed by atoms with Gasteiger partial charge in [0, 0.05) is 29.1 Å². The van der Waals surface area contributed by atoms with Gasteiger partial charge in [-0.2, -0.15) is 0 Å². The third-order valence-corrected chi connectivity index (χ3v) is 6.54. The van der Waals surface area contributed by atoms with Crippen LogP contribution in [0.2, 0.25) is 0 Å². The molecule has 0 radical (unpaired) electrons. The van der Waals surface area contributed by atoms with E-state index in [0.717, 1.165) is 48.1 Å². The minimum atomic E-state index is -0.0406. The van der Waals surface area contributed by atoms with Crippen LogP contribution in [-0.4, -0.2) is 34.7 Å². The second kappa shape index (κ2) is 7.96. The van der Waals surface area contributed by atoms with E-state index in [2.05, 4.69) is 37.8 Å². The van der Waals surface area contributed by atoms with Gasteiger partial charge in [-0.1, -0.05) is 6.07 Å². The Morgan fingerprint density at radius 1 is 1.41 bits per heavy atom. The minimum Gasteiger partial charge on any atom is -0.376 e. The van der Waals surface area contributed by atoms with Gasteiger partial charge in [-0.3, -0.25) is 4.79 Å². The Bertz CT molecular complexity index is 921. The summed E-state index contributed by atoms with van der Waals surface area (Å²) in [5.74, 6) is -0.0406. The molecule has 1 atom stereocenters. The van der Waals surface area contributed by atoms with Crippen molar-refractivity contribution in [3.05, 3.63) is 50.1 Å². The Kier molecular flexibility index (Phi) is 5.43. The number of aromatic nitrogens is 2. The summed E-state index contributed by atoms with van der Waals surface area (Å²) in [6.45, 7) is 6.12. The Morgan fingerprint density at radius 2 is 2.30 bits per heavy atom. The third-order valence-electron chi connectivity index (χ3n) is 4.90. The van der Waals surface area contributed by atoms with Crippen LogP contribution in [0.15, 0.2) is 29.0 Å². The number of carbonyl (C=O) groups excluding carboxylic acids is 1. The normalized spacial score (nSPS) is 16.7. The first-order valence-corrected chi connectivity index (χ1v) is 10.9. The molecule has 0 spiro atoms. The molecular weight excluding hydrogens is 378 g/mol. The fourth-order valence-corrected chi connectivity index (χ4v) is 4.74. The summed E-state index contributed by atoms with van der Waals surface area (Å²) >= 11 is 3.35. The van der Waals surface area contributed by atoms with Gasteiger partial charge in [0.15, 0.2) is 0 Å². The molecule has 3 aromatic rings. The molecule has 7 heteroatoms. The van der Waals surface area contributed by atoms with Gasteiger partial charge < -0.3 is 14.6 Å². The number of ether oxygens (including phenoxy) is 1. The molecule has 142 valence electrons. The van der Waals surface area contributed by atoms with Crippen molar-refractivity contribution in [1.82, 2.24) is 14.9 Å². The molecule has 1 aliphatic heterocycles. The molecule has 4 heterocycles. The van der Waals surface area contributed by atoms with Gasteiger partial charge >= 0.3 is 0 Å². The molecule has 0 bridgehead atoms. The molecule has 1 saturated heterocycles. The molecule has 1 unspecified atom stereocenters. The van der Waals surface area contributed by atoms with Crippen LogP contribution >= 0.6 is 22.7 Å². The molecule has 0 aromatic carbocycles. The largest absolute Gasteiger partial charge is 0.376 e. The van der Waals surface area contributed by atoms with E-state index in [-0.39, 0.29) is 12.0 Å². The van der Waals surface area contributed by atoms with Crippen LogP contribution in [0.4, 0.5) is 0 Å². The van der Waals surface area contributed by atoms with Gasteiger partial charge in [-0.25, -0.2) is 4.98 Å². The lowest BCUT2D eigenvalue weighted by Crippen LogP contribution is -2.32. The zero-order valence-corrected chi connectivity index (χ0v) is 17.2. The number of nitrogens with one attached hydrogen (secondary N) is 1. The molecule has 1 fully saturated rings. The Balaban J connectivity index is 1.63. The summed E-state index contributed by atoms with van der Waals surface area (Å²) in [6, 6.07) is 6.15. The number of rotatable bonds is 6. The Labute approximate surface area is 167 Å². The van der Waals surface area contributed by atoms with E-state index in [1.54, 1.807) is 22.7 Å². The van der Waals surface area contributed by atoms with Crippen molar-refractivity contribution in [3.8, 4) is 11.4 Å². The lowest BCUT2D eigenvalue weighted by atomic mass is 10.2. The molecular formula is C20H23N3O2S2. The van der Waals surface area contributed by atoms with Crippen LogP contribution in [0.3, 0.4) is 0 Å². The van der Waals surface area contributed by atoms with Crippen LogP contribution in [0.25, 0.3) is 11.4 Å². The van der Waals surface area contributed by atoms with Crippen molar-refractivity contribution in [2.45, 2.75) is 39.3 Å². The summed E-state index contributed by atoms with van der Waals surface area (Å²) in [5.41, 5.74) is 3.60. The van der Waals surface area contributed by atoms with E-state index in [4.69, 9.17) is 4.74 Å². The van der Waals surface area contributed by atoms with Gasteiger partial charge in [0.1, 0.15) is 0 Å². The highest BCUT2D eigenvalue weighted by molar-refractivity contribution is 7.10. The van der Waals surface area contributed by atoms with E-state index < -0.39 is 0 Å². The summed E-state index contributed by atoms with van der Waals surface area (Å²) < 4.78 is 7.81. The summed E-state index contributed by atoms with van der Waals surface area (Å²) in [6.07, 6.45) is 2.23. The number of thiazole rings is 1. The number of amides is 1. The molecule has 4 rings (SSSR count). The minimum absolute atomic E-state index is 0.0406. The predicted octanol–water partition coefficient (Wildman–Crippen LogP) is 4.25. The van der Waals surface area contributed by atoms with Gasteiger partial charge in [-0.15, -0.1) is 22.7 Å². The fraction of sp³-hybridized carbons (Fsp3) is 0.400. The van der Waals surface area contributed by atoms with E-state index in [9.17, 15) is 4.79 Å². The first-order chi connectivity index (χ1) is 13.1. The lowest BCUT2D eigenvalue weighted by molar-refractivity contribution is 0.0857. The Morgan fingerprint density at radius 3 is 2.96 bits per heavy atom. The van der Waals surface area contributed by atoms with Gasteiger partial charge in [0.05, 0.1) is 34.6 Å². The number of thiophene rings is 1. The smallest absolute Gasteiger partial charge is 0.253 e. The molecule has 1 aliphatic rings. The molecule has 27 heavy (non-hydrogen) atoms. The second-order valence-corrected chi connectivity index (χ2v) is 8.89. The van der Waals surface area contributed by atoms with Gasteiger partial charge in [0.2, 0.25) is 0 Å². The monoisotopic (exact) mass is 401 g/mol. The van der Waals surface area contributed by atoms with Crippen LogP contribution in [0.5, 0.6) is 0 Å². The summed E-state index contributed by atoms with van der Waals surface area (Å²) in [7, 11) is 0. The van der Waals surface area contributed by atoms with E-state index in [1.165, 1.54) is 4.88 Å². The van der Waals surface area contributed by atoms with Crippen molar-refractivity contribution in [1.29, 1.82) is 0 Å². The molecule has 0 saturated carbocycles. The van der Waals surface area contributed by atoms with E-state index >= 15 is 0 Å². The first-order valence-electron chi connectivity index (χ1n) is 9.16. The van der Waals surface area contributed by atoms with Crippen LogP contribution in [0.1, 0.15) is 38.8 Å². The van der Waals surface area contributed by atoms with Crippen molar-refractivity contribution in [2.24, 2.45) is 0 Å². The van der Waals surface area contributed by atoms with Crippen LogP contribution < -0.4 is 5.32 Å². The Hall–Kier alpha value is -1.96. The van der Waals surface area contributed by atoms with Crippen molar-refractivity contribution < 1.29 is 9.53 Å². The number of aryl methyl sites for hydroxylation is 1. The third kappa shape index (κ3) is 4.00. The average molecular weight is 402 g/mol. The molecule has 1 N–H and O–H groups in total. The number of nitrogens with zero attached hydrogens (tertiary/aromatic N) is 2. The standard InChI is InChI=1S/C20H23N3O2S2/c1-13-17(20(24)21-10-15-5-3-7-25-15)9-19(18-12-27-14(2)22-18)23(13)11-16-6-4-8-26-16/h4,6,8-9,12,15H,3,5,7,10-11H2,1-2H3,(H,21,24). The molecule has 1 amide bonds.